The highest BCUT2D eigenvalue weighted by atomic mass is 15.1. The number of rotatable bonds is 4. The van der Waals surface area contributed by atoms with E-state index in [0.29, 0.717) is 0 Å². The first-order chi connectivity index (χ1) is 9.11. The van der Waals surface area contributed by atoms with E-state index in [-0.39, 0.29) is 0 Å². The van der Waals surface area contributed by atoms with Gasteiger partial charge in [-0.05, 0) is 49.6 Å². The predicted octanol–water partition coefficient (Wildman–Crippen LogP) is 5.02. The molecule has 2 rings (SSSR count). The van der Waals surface area contributed by atoms with Crippen molar-refractivity contribution in [1.82, 2.24) is 0 Å². The standard InChI is InChI=1S/C18H23N/c1-5-6-16-9-12-18(15(3)13-16)19(4)17-10-7-14(2)8-11-17/h7-13H,5-6H2,1-4H3. The summed E-state index contributed by atoms with van der Waals surface area (Å²) in [4.78, 5) is 2.25. The number of hydrogen-bond donors (Lipinski definition) is 0. The molecule has 1 heteroatoms. The molecule has 0 saturated carbocycles. The van der Waals surface area contributed by atoms with Crippen LogP contribution in [-0.2, 0) is 6.42 Å². The molecule has 0 saturated heterocycles. The third kappa shape index (κ3) is 3.17. The molecule has 0 N–H and O–H groups in total. The first-order valence-electron chi connectivity index (χ1n) is 7.01. The van der Waals surface area contributed by atoms with Crippen molar-refractivity contribution in [2.24, 2.45) is 0 Å². The summed E-state index contributed by atoms with van der Waals surface area (Å²) < 4.78 is 0. The van der Waals surface area contributed by atoms with E-state index >= 15 is 0 Å². The normalized spacial score (nSPS) is 10.5. The van der Waals surface area contributed by atoms with Gasteiger partial charge in [0.2, 0.25) is 0 Å². The van der Waals surface area contributed by atoms with Crippen molar-refractivity contribution in [3.8, 4) is 0 Å². The number of hydrogen-bond acceptors (Lipinski definition) is 1. The van der Waals surface area contributed by atoms with Gasteiger partial charge in [-0.1, -0.05) is 43.2 Å². The summed E-state index contributed by atoms with van der Waals surface area (Å²) in [7, 11) is 2.13. The van der Waals surface area contributed by atoms with E-state index in [2.05, 4.69) is 75.2 Å². The SMILES string of the molecule is CCCc1ccc(N(C)c2ccc(C)cc2)c(C)c1. The molecule has 100 valence electrons. The molecule has 2 aromatic carbocycles. The van der Waals surface area contributed by atoms with E-state index < -0.39 is 0 Å². The lowest BCUT2D eigenvalue weighted by atomic mass is 10.0. The summed E-state index contributed by atoms with van der Waals surface area (Å²) in [5, 5.41) is 0. The molecule has 0 heterocycles. The molecular weight excluding hydrogens is 230 g/mol. The highest BCUT2D eigenvalue weighted by Gasteiger charge is 2.07. The lowest BCUT2D eigenvalue weighted by molar-refractivity contribution is 0.919. The Hall–Kier alpha value is -1.76. The van der Waals surface area contributed by atoms with Crippen LogP contribution in [0.3, 0.4) is 0 Å². The van der Waals surface area contributed by atoms with Gasteiger partial charge in [0.15, 0.2) is 0 Å². The zero-order valence-electron chi connectivity index (χ0n) is 12.4. The van der Waals surface area contributed by atoms with Gasteiger partial charge in [0, 0.05) is 18.4 Å². The van der Waals surface area contributed by atoms with E-state index in [0.717, 1.165) is 6.42 Å². The summed E-state index contributed by atoms with van der Waals surface area (Å²) in [6, 6.07) is 15.5. The molecule has 1 nitrogen and oxygen atoms in total. The first kappa shape index (κ1) is 13.7. The van der Waals surface area contributed by atoms with Crippen molar-refractivity contribution in [2.45, 2.75) is 33.6 Å². The van der Waals surface area contributed by atoms with E-state index in [4.69, 9.17) is 0 Å². The minimum Gasteiger partial charge on any atom is -0.344 e. The molecule has 2 aromatic rings. The summed E-state index contributed by atoms with van der Waals surface area (Å²) in [5.74, 6) is 0. The molecule has 0 amide bonds. The molecule has 0 radical (unpaired) electrons. The zero-order valence-corrected chi connectivity index (χ0v) is 12.4. The van der Waals surface area contributed by atoms with Crippen LogP contribution < -0.4 is 4.90 Å². The average Bonchev–Trinajstić information content (AvgIpc) is 2.39. The van der Waals surface area contributed by atoms with Crippen molar-refractivity contribution in [3.05, 3.63) is 59.2 Å². The molecule has 0 aliphatic rings. The number of benzene rings is 2. The Morgan fingerprint density at radius 3 is 2.21 bits per heavy atom. The van der Waals surface area contributed by atoms with E-state index in [1.54, 1.807) is 0 Å². The second-order valence-corrected chi connectivity index (χ2v) is 5.27. The third-order valence-corrected chi connectivity index (χ3v) is 3.58. The van der Waals surface area contributed by atoms with Crippen LogP contribution in [0.15, 0.2) is 42.5 Å². The molecule has 0 bridgehead atoms. The topological polar surface area (TPSA) is 3.24 Å². The fourth-order valence-corrected chi connectivity index (χ4v) is 2.45. The smallest absolute Gasteiger partial charge is 0.0437 e. The summed E-state index contributed by atoms with van der Waals surface area (Å²) in [5.41, 5.74) is 6.59. The van der Waals surface area contributed by atoms with Crippen molar-refractivity contribution < 1.29 is 0 Å². The van der Waals surface area contributed by atoms with Crippen LogP contribution in [-0.4, -0.2) is 7.05 Å². The van der Waals surface area contributed by atoms with Gasteiger partial charge in [0.1, 0.15) is 0 Å². The Kier molecular flexibility index (Phi) is 4.26. The van der Waals surface area contributed by atoms with Crippen LogP contribution in [0.2, 0.25) is 0 Å². The molecule has 0 unspecified atom stereocenters. The van der Waals surface area contributed by atoms with Gasteiger partial charge in [-0.2, -0.15) is 0 Å². The number of aryl methyl sites for hydroxylation is 3. The molecule has 0 aliphatic heterocycles. The van der Waals surface area contributed by atoms with Crippen molar-refractivity contribution >= 4 is 11.4 Å². The lowest BCUT2D eigenvalue weighted by Crippen LogP contribution is -2.11. The third-order valence-electron chi connectivity index (χ3n) is 3.58. The highest BCUT2D eigenvalue weighted by molar-refractivity contribution is 5.66. The molecule has 0 fully saturated rings. The van der Waals surface area contributed by atoms with Crippen LogP contribution in [0, 0.1) is 13.8 Å². The van der Waals surface area contributed by atoms with Crippen molar-refractivity contribution in [1.29, 1.82) is 0 Å². The summed E-state index contributed by atoms with van der Waals surface area (Å²) in [6.07, 6.45) is 2.36. The fourth-order valence-electron chi connectivity index (χ4n) is 2.45. The molecule has 19 heavy (non-hydrogen) atoms. The molecule has 0 atom stereocenters. The predicted molar refractivity (Wildman–Crippen MR) is 84.4 cm³/mol. The zero-order chi connectivity index (χ0) is 13.8. The van der Waals surface area contributed by atoms with Gasteiger partial charge in [-0.15, -0.1) is 0 Å². The van der Waals surface area contributed by atoms with Crippen LogP contribution in [0.5, 0.6) is 0 Å². The second kappa shape index (κ2) is 5.92. The fraction of sp³-hybridized carbons (Fsp3) is 0.333. The molecular formula is C18H23N. The monoisotopic (exact) mass is 253 g/mol. The van der Waals surface area contributed by atoms with Crippen LogP contribution in [0.25, 0.3) is 0 Å². The Bertz CT molecular complexity index is 540. The summed E-state index contributed by atoms with van der Waals surface area (Å²) >= 11 is 0. The van der Waals surface area contributed by atoms with E-state index in [1.807, 2.05) is 0 Å². The van der Waals surface area contributed by atoms with Crippen LogP contribution in [0.4, 0.5) is 11.4 Å². The summed E-state index contributed by atoms with van der Waals surface area (Å²) in [6.45, 7) is 6.54. The van der Waals surface area contributed by atoms with E-state index in [9.17, 15) is 0 Å². The lowest BCUT2D eigenvalue weighted by Gasteiger charge is -2.22. The Labute approximate surface area is 116 Å². The quantitative estimate of drug-likeness (QED) is 0.739. The highest BCUT2D eigenvalue weighted by Crippen LogP contribution is 2.27. The molecule has 0 spiro atoms. The van der Waals surface area contributed by atoms with Gasteiger partial charge in [-0.3, -0.25) is 0 Å². The van der Waals surface area contributed by atoms with Crippen molar-refractivity contribution in [3.63, 3.8) is 0 Å². The molecule has 0 aliphatic carbocycles. The number of nitrogens with zero attached hydrogens (tertiary/aromatic N) is 1. The first-order valence-corrected chi connectivity index (χ1v) is 7.01. The Morgan fingerprint density at radius 2 is 1.63 bits per heavy atom. The second-order valence-electron chi connectivity index (χ2n) is 5.27. The Morgan fingerprint density at radius 1 is 0.947 bits per heavy atom. The minimum absolute atomic E-state index is 1.16. The van der Waals surface area contributed by atoms with E-state index in [1.165, 1.54) is 34.5 Å². The van der Waals surface area contributed by atoms with Crippen LogP contribution in [0.1, 0.15) is 30.0 Å². The van der Waals surface area contributed by atoms with Gasteiger partial charge < -0.3 is 4.90 Å². The van der Waals surface area contributed by atoms with Crippen LogP contribution >= 0.6 is 0 Å². The Balaban J connectivity index is 2.28. The van der Waals surface area contributed by atoms with Gasteiger partial charge in [-0.25, -0.2) is 0 Å². The largest absolute Gasteiger partial charge is 0.344 e. The minimum atomic E-state index is 1.16. The maximum atomic E-state index is 2.31. The average molecular weight is 253 g/mol. The maximum Gasteiger partial charge on any atom is 0.0437 e. The molecule has 0 aromatic heterocycles. The van der Waals surface area contributed by atoms with Crippen molar-refractivity contribution in [2.75, 3.05) is 11.9 Å². The van der Waals surface area contributed by atoms with Gasteiger partial charge >= 0.3 is 0 Å². The maximum absolute atomic E-state index is 2.31. The number of anilines is 2. The van der Waals surface area contributed by atoms with Gasteiger partial charge in [0.25, 0.3) is 0 Å². The van der Waals surface area contributed by atoms with Gasteiger partial charge in [0.05, 0.1) is 0 Å².